The largest absolute Gasteiger partial charge is 0.346 e. The number of halogens is 1. The van der Waals surface area contributed by atoms with E-state index in [1.54, 1.807) is 25.1 Å². The van der Waals surface area contributed by atoms with Gasteiger partial charge in [0.2, 0.25) is 10.0 Å². The molecule has 1 amide bonds. The molecular formula is C16H17ClN2O3S. The molecule has 0 aliphatic rings. The van der Waals surface area contributed by atoms with Crippen LogP contribution in [-0.2, 0) is 10.0 Å². The fraction of sp³-hybridized carbons (Fsp3) is 0.188. The van der Waals surface area contributed by atoms with Crippen molar-refractivity contribution in [2.75, 3.05) is 0 Å². The van der Waals surface area contributed by atoms with Gasteiger partial charge in [0, 0.05) is 10.6 Å². The molecule has 23 heavy (non-hydrogen) atoms. The number of nitrogens with two attached hydrogens (primary N) is 1. The number of amides is 1. The first-order valence-corrected chi connectivity index (χ1v) is 8.80. The van der Waals surface area contributed by atoms with Crippen LogP contribution in [0.1, 0.15) is 34.5 Å². The predicted molar refractivity (Wildman–Crippen MR) is 89.9 cm³/mol. The normalized spacial score (nSPS) is 12.7. The third-order valence-corrected chi connectivity index (χ3v) is 4.66. The van der Waals surface area contributed by atoms with E-state index in [4.69, 9.17) is 16.7 Å². The van der Waals surface area contributed by atoms with Gasteiger partial charge in [0.15, 0.2) is 0 Å². The molecule has 0 heterocycles. The van der Waals surface area contributed by atoms with Crippen LogP contribution in [0.5, 0.6) is 0 Å². The maximum Gasteiger partial charge on any atom is 0.252 e. The number of benzene rings is 2. The van der Waals surface area contributed by atoms with Crippen LogP contribution < -0.4 is 10.5 Å². The van der Waals surface area contributed by atoms with Crippen molar-refractivity contribution in [3.63, 3.8) is 0 Å². The van der Waals surface area contributed by atoms with Crippen molar-refractivity contribution in [2.24, 2.45) is 5.14 Å². The van der Waals surface area contributed by atoms with Gasteiger partial charge in [-0.05, 0) is 49.2 Å². The third kappa shape index (κ3) is 4.31. The predicted octanol–water partition coefficient (Wildman–Crippen LogP) is 2.79. The topological polar surface area (TPSA) is 89.3 Å². The van der Waals surface area contributed by atoms with E-state index >= 15 is 0 Å². The van der Waals surface area contributed by atoms with Crippen molar-refractivity contribution in [2.45, 2.75) is 24.8 Å². The lowest BCUT2D eigenvalue weighted by Gasteiger charge is -2.16. The smallest absolute Gasteiger partial charge is 0.252 e. The molecule has 0 fully saturated rings. The average molecular weight is 353 g/mol. The minimum Gasteiger partial charge on any atom is -0.346 e. The molecule has 3 N–H and O–H groups in total. The Balaban J connectivity index is 2.25. The third-order valence-electron chi connectivity index (χ3n) is 3.50. The molecule has 1 atom stereocenters. The van der Waals surface area contributed by atoms with E-state index in [0.29, 0.717) is 10.6 Å². The molecule has 1 unspecified atom stereocenters. The number of carbonyl (C=O) groups is 1. The van der Waals surface area contributed by atoms with E-state index in [1.165, 1.54) is 12.1 Å². The highest BCUT2D eigenvalue weighted by Crippen LogP contribution is 2.19. The summed E-state index contributed by atoms with van der Waals surface area (Å²) in [7, 11) is -3.86. The highest BCUT2D eigenvalue weighted by molar-refractivity contribution is 7.89. The van der Waals surface area contributed by atoms with Crippen LogP contribution in [0, 0.1) is 6.92 Å². The number of aryl methyl sites for hydroxylation is 1. The Labute approximate surface area is 140 Å². The van der Waals surface area contributed by atoms with E-state index in [-0.39, 0.29) is 22.4 Å². The molecular weight excluding hydrogens is 336 g/mol. The van der Waals surface area contributed by atoms with E-state index in [9.17, 15) is 13.2 Å². The minimum absolute atomic E-state index is 0.0904. The van der Waals surface area contributed by atoms with Gasteiger partial charge in [0.25, 0.3) is 5.91 Å². The molecule has 0 aliphatic carbocycles. The number of nitrogens with one attached hydrogen (secondary N) is 1. The van der Waals surface area contributed by atoms with Gasteiger partial charge < -0.3 is 5.32 Å². The summed E-state index contributed by atoms with van der Waals surface area (Å²) in [6, 6.07) is 11.1. The molecule has 2 aromatic rings. The Morgan fingerprint density at radius 1 is 1.17 bits per heavy atom. The molecule has 5 nitrogen and oxygen atoms in total. The molecule has 122 valence electrons. The number of carbonyl (C=O) groups excluding carboxylic acids is 1. The second-order valence-electron chi connectivity index (χ2n) is 5.27. The fourth-order valence-corrected chi connectivity index (χ4v) is 2.80. The van der Waals surface area contributed by atoms with E-state index in [2.05, 4.69) is 5.32 Å². The zero-order chi connectivity index (χ0) is 17.2. The summed E-state index contributed by atoms with van der Waals surface area (Å²) in [4.78, 5) is 12.3. The van der Waals surface area contributed by atoms with Gasteiger partial charge in [-0.25, -0.2) is 13.6 Å². The second kappa shape index (κ2) is 6.70. The second-order valence-corrected chi connectivity index (χ2v) is 7.27. The Morgan fingerprint density at radius 3 is 2.35 bits per heavy atom. The lowest BCUT2D eigenvalue weighted by atomic mass is 10.1. The highest BCUT2D eigenvalue weighted by atomic mass is 35.5. The van der Waals surface area contributed by atoms with Crippen LogP contribution in [-0.4, -0.2) is 14.3 Å². The van der Waals surface area contributed by atoms with Crippen LogP contribution in [0.15, 0.2) is 47.4 Å². The number of rotatable bonds is 4. The average Bonchev–Trinajstić information content (AvgIpc) is 2.46. The first kappa shape index (κ1) is 17.5. The lowest BCUT2D eigenvalue weighted by Crippen LogP contribution is -2.27. The number of primary sulfonamides is 1. The van der Waals surface area contributed by atoms with Crippen LogP contribution in [0.3, 0.4) is 0 Å². The van der Waals surface area contributed by atoms with Gasteiger partial charge >= 0.3 is 0 Å². The van der Waals surface area contributed by atoms with Gasteiger partial charge in [-0.2, -0.15) is 0 Å². The summed E-state index contributed by atoms with van der Waals surface area (Å²) in [5.41, 5.74) is 1.83. The quantitative estimate of drug-likeness (QED) is 0.886. The Bertz CT molecular complexity index is 833. The van der Waals surface area contributed by atoms with Crippen molar-refractivity contribution in [3.05, 3.63) is 64.2 Å². The number of hydrogen-bond acceptors (Lipinski definition) is 3. The van der Waals surface area contributed by atoms with Crippen molar-refractivity contribution < 1.29 is 13.2 Å². The monoisotopic (exact) mass is 352 g/mol. The molecule has 2 rings (SSSR count). The maximum absolute atomic E-state index is 12.4. The molecule has 0 saturated carbocycles. The van der Waals surface area contributed by atoms with Crippen LogP contribution in [0.4, 0.5) is 0 Å². The number of hydrogen-bond donors (Lipinski definition) is 2. The summed E-state index contributed by atoms with van der Waals surface area (Å²) in [5, 5.41) is 8.56. The van der Waals surface area contributed by atoms with Crippen molar-refractivity contribution in [3.8, 4) is 0 Å². The van der Waals surface area contributed by atoms with Gasteiger partial charge in [-0.15, -0.1) is 0 Å². The molecule has 0 aliphatic heterocycles. The van der Waals surface area contributed by atoms with Gasteiger partial charge in [0.05, 0.1) is 10.9 Å². The summed E-state index contributed by atoms with van der Waals surface area (Å²) >= 11 is 5.84. The molecule has 0 spiro atoms. The zero-order valence-electron chi connectivity index (χ0n) is 12.7. The maximum atomic E-state index is 12.4. The molecule has 0 aromatic heterocycles. The Kier molecular flexibility index (Phi) is 5.09. The highest BCUT2D eigenvalue weighted by Gasteiger charge is 2.17. The van der Waals surface area contributed by atoms with Gasteiger partial charge in [-0.1, -0.05) is 29.8 Å². The molecule has 0 radical (unpaired) electrons. The van der Waals surface area contributed by atoms with Gasteiger partial charge in [-0.3, -0.25) is 4.79 Å². The first-order valence-electron chi connectivity index (χ1n) is 6.88. The molecule has 7 heteroatoms. The van der Waals surface area contributed by atoms with Crippen LogP contribution >= 0.6 is 11.6 Å². The fourth-order valence-electron chi connectivity index (χ4n) is 2.13. The van der Waals surface area contributed by atoms with Crippen molar-refractivity contribution in [1.29, 1.82) is 0 Å². The molecule has 0 bridgehead atoms. The van der Waals surface area contributed by atoms with E-state index in [1.807, 2.05) is 19.1 Å². The Morgan fingerprint density at radius 2 is 1.78 bits per heavy atom. The van der Waals surface area contributed by atoms with Crippen molar-refractivity contribution >= 4 is 27.5 Å². The van der Waals surface area contributed by atoms with E-state index < -0.39 is 10.0 Å². The first-order chi connectivity index (χ1) is 10.7. The Hall–Kier alpha value is -1.89. The molecule has 0 saturated heterocycles. The summed E-state index contributed by atoms with van der Waals surface area (Å²) < 4.78 is 22.9. The van der Waals surface area contributed by atoms with Crippen molar-refractivity contribution in [1.82, 2.24) is 5.32 Å². The summed E-state index contributed by atoms with van der Waals surface area (Å²) in [5.74, 6) is -0.365. The van der Waals surface area contributed by atoms with Crippen LogP contribution in [0.25, 0.3) is 0 Å². The zero-order valence-corrected chi connectivity index (χ0v) is 14.3. The van der Waals surface area contributed by atoms with Gasteiger partial charge in [0.1, 0.15) is 0 Å². The molecule has 2 aromatic carbocycles. The SMILES string of the molecule is Cc1ccc(S(N)(=O)=O)cc1C(=O)NC(C)c1ccc(Cl)cc1. The summed E-state index contributed by atoms with van der Waals surface area (Å²) in [6.07, 6.45) is 0. The summed E-state index contributed by atoms with van der Waals surface area (Å²) in [6.45, 7) is 3.56. The lowest BCUT2D eigenvalue weighted by molar-refractivity contribution is 0.0939. The van der Waals surface area contributed by atoms with Crippen LogP contribution in [0.2, 0.25) is 5.02 Å². The minimum atomic E-state index is -3.86. The van der Waals surface area contributed by atoms with E-state index in [0.717, 1.165) is 5.56 Å². The number of sulfonamides is 1. The standard InChI is InChI=1S/C16H17ClN2O3S/c1-10-3-8-14(23(18,21)22)9-15(10)16(20)19-11(2)12-4-6-13(17)7-5-12/h3-9,11H,1-2H3,(H,19,20)(H2,18,21,22).